The summed E-state index contributed by atoms with van der Waals surface area (Å²) in [5.74, 6) is -0.678. The molecule has 0 saturated carbocycles. The van der Waals surface area contributed by atoms with E-state index in [1.807, 2.05) is 84.1 Å². The quantitative estimate of drug-likeness (QED) is 0.203. The van der Waals surface area contributed by atoms with Gasteiger partial charge >= 0.3 is 0 Å². The Morgan fingerprint density at radius 1 is 0.881 bits per heavy atom. The number of benzene rings is 3. The molecule has 1 saturated heterocycles. The van der Waals surface area contributed by atoms with Gasteiger partial charge < -0.3 is 10.1 Å². The molecule has 42 heavy (non-hydrogen) atoms. The van der Waals surface area contributed by atoms with Gasteiger partial charge in [0.25, 0.3) is 0 Å². The van der Waals surface area contributed by atoms with E-state index >= 15 is 0 Å². The van der Waals surface area contributed by atoms with Crippen molar-refractivity contribution in [3.8, 4) is 22.5 Å². The van der Waals surface area contributed by atoms with E-state index in [0.29, 0.717) is 31.0 Å². The molecule has 0 spiro atoms. The monoisotopic (exact) mass is 601 g/mol. The number of hydrogen-bond acceptors (Lipinski definition) is 6. The number of nitrogens with zero attached hydrogens (tertiary/aromatic N) is 4. The molecule has 2 aromatic heterocycles. The number of hydrogen-bond donors (Lipinski definition) is 2. The van der Waals surface area contributed by atoms with Gasteiger partial charge in [0.1, 0.15) is 0 Å². The number of carbonyl (C=O) groups excluding carboxylic acids is 1. The summed E-state index contributed by atoms with van der Waals surface area (Å²) in [5, 5.41) is 11.0. The summed E-state index contributed by atoms with van der Waals surface area (Å²) in [6, 6.07) is 25.0. The fourth-order valence-corrected chi connectivity index (χ4v) is 5.67. The number of nitrogens with one attached hydrogen (secondary N) is 1. The minimum absolute atomic E-state index is 0.126. The third-order valence-corrected chi connectivity index (χ3v) is 8.34. The third-order valence-electron chi connectivity index (χ3n) is 7.00. The first-order chi connectivity index (χ1) is 20.4. The number of aryl methyl sites for hydroxylation is 2. The van der Waals surface area contributed by atoms with Gasteiger partial charge in [-0.15, -0.1) is 12.6 Å². The number of rotatable bonds is 6. The minimum atomic E-state index is -0.409. The minimum Gasteiger partial charge on any atom is -0.381 e. The molecule has 1 aliphatic heterocycles. The second-order valence-corrected chi connectivity index (χ2v) is 11.5. The first kappa shape index (κ1) is 29.6. The molecule has 3 aromatic carbocycles. The van der Waals surface area contributed by atoms with Crippen LogP contribution in [0, 0.1) is 11.7 Å². The van der Waals surface area contributed by atoms with Gasteiger partial charge in [0.15, 0.2) is 5.82 Å². The predicted molar refractivity (Wildman–Crippen MR) is 167 cm³/mol. The molecule has 5 aromatic rings. The van der Waals surface area contributed by atoms with Crippen LogP contribution in [0.1, 0.15) is 12.8 Å². The summed E-state index contributed by atoms with van der Waals surface area (Å²) in [7, 11) is 3.83. The number of carbonyl (C=O) groups is 1. The summed E-state index contributed by atoms with van der Waals surface area (Å²) in [5.41, 5.74) is 4.57. The average molecular weight is 602 g/mol. The predicted octanol–water partition coefficient (Wildman–Crippen LogP) is 7.12. The molecule has 7 nitrogen and oxygen atoms in total. The van der Waals surface area contributed by atoms with Gasteiger partial charge in [-0.3, -0.25) is 14.2 Å². The van der Waals surface area contributed by atoms with Crippen molar-refractivity contribution in [3.63, 3.8) is 0 Å². The number of aromatic nitrogens is 4. The highest BCUT2D eigenvalue weighted by molar-refractivity contribution is 7.99. The van der Waals surface area contributed by atoms with E-state index in [1.54, 1.807) is 30.6 Å². The van der Waals surface area contributed by atoms with Crippen LogP contribution in [-0.2, 0) is 23.6 Å². The zero-order valence-corrected chi connectivity index (χ0v) is 25.1. The molecule has 0 aliphatic carbocycles. The Labute approximate surface area is 254 Å². The van der Waals surface area contributed by atoms with Gasteiger partial charge in [-0.2, -0.15) is 10.2 Å². The van der Waals surface area contributed by atoms with Gasteiger partial charge in [-0.05, 0) is 72.5 Å². The van der Waals surface area contributed by atoms with Crippen LogP contribution < -0.4 is 5.32 Å². The number of anilines is 1. The Bertz CT molecular complexity index is 1630. The standard InChI is InChI=1S/C22H22FN3O2S.C10H10N2S/c1-26-19(9-12-24-26)15-5-7-17(8-6-15)29-20-4-2-3-18(21(20)23)25-22(27)16-10-13-28-14-11-16;1-12-10(6-7-11-12)8-2-4-9(13)5-3-8/h2-9,12,16H,10-11,13-14H2,1H3,(H,25,27);2-7,13H,1H3. The van der Waals surface area contributed by atoms with Crippen molar-refractivity contribution < 1.29 is 13.9 Å². The highest BCUT2D eigenvalue weighted by Gasteiger charge is 2.23. The molecule has 6 rings (SSSR count). The van der Waals surface area contributed by atoms with Crippen LogP contribution in [0.25, 0.3) is 22.5 Å². The van der Waals surface area contributed by atoms with Crippen molar-refractivity contribution in [2.45, 2.75) is 27.5 Å². The van der Waals surface area contributed by atoms with Gasteiger partial charge in [0, 0.05) is 55.4 Å². The largest absolute Gasteiger partial charge is 0.381 e. The van der Waals surface area contributed by atoms with Crippen LogP contribution in [0.5, 0.6) is 0 Å². The van der Waals surface area contributed by atoms with Crippen LogP contribution in [0.15, 0.2) is 106 Å². The summed E-state index contributed by atoms with van der Waals surface area (Å²) in [4.78, 5) is 14.8. The number of halogens is 1. The molecule has 0 bridgehead atoms. The Kier molecular flexibility index (Phi) is 9.78. The molecule has 1 N–H and O–H groups in total. The van der Waals surface area contributed by atoms with Crippen molar-refractivity contribution in [1.82, 2.24) is 19.6 Å². The lowest BCUT2D eigenvalue weighted by atomic mass is 9.99. The molecule has 0 radical (unpaired) electrons. The fourth-order valence-electron chi connectivity index (χ4n) is 4.65. The Hall–Kier alpha value is -3.86. The van der Waals surface area contributed by atoms with Crippen LogP contribution in [0.4, 0.5) is 10.1 Å². The van der Waals surface area contributed by atoms with E-state index in [4.69, 9.17) is 4.74 Å². The molecule has 1 fully saturated rings. The van der Waals surface area contributed by atoms with Crippen LogP contribution >= 0.6 is 24.4 Å². The molecular weight excluding hydrogens is 570 g/mol. The van der Waals surface area contributed by atoms with Crippen LogP contribution in [-0.4, -0.2) is 38.7 Å². The van der Waals surface area contributed by atoms with Crippen molar-refractivity contribution >= 4 is 36.0 Å². The van der Waals surface area contributed by atoms with E-state index in [2.05, 4.69) is 28.1 Å². The van der Waals surface area contributed by atoms with Gasteiger partial charge in [-0.25, -0.2) is 4.39 Å². The van der Waals surface area contributed by atoms with E-state index < -0.39 is 5.82 Å². The van der Waals surface area contributed by atoms with Gasteiger partial charge in [0.05, 0.1) is 22.0 Å². The highest BCUT2D eigenvalue weighted by Crippen LogP contribution is 2.34. The Morgan fingerprint density at radius 3 is 2.00 bits per heavy atom. The van der Waals surface area contributed by atoms with Crippen molar-refractivity contribution in [2.24, 2.45) is 20.0 Å². The Morgan fingerprint density at radius 2 is 1.45 bits per heavy atom. The number of ether oxygens (including phenoxy) is 1. The van der Waals surface area contributed by atoms with Gasteiger partial charge in [0.2, 0.25) is 5.91 Å². The van der Waals surface area contributed by atoms with Crippen LogP contribution in [0.2, 0.25) is 0 Å². The summed E-state index contributed by atoms with van der Waals surface area (Å²) >= 11 is 5.56. The fraction of sp³-hybridized carbons (Fsp3) is 0.219. The number of thiol groups is 1. The van der Waals surface area contributed by atoms with Crippen molar-refractivity contribution in [1.29, 1.82) is 0 Å². The zero-order valence-electron chi connectivity index (χ0n) is 23.4. The van der Waals surface area contributed by atoms with E-state index in [9.17, 15) is 9.18 Å². The second-order valence-electron chi connectivity index (χ2n) is 9.85. The average Bonchev–Trinajstić information content (AvgIpc) is 3.64. The lowest BCUT2D eigenvalue weighted by molar-refractivity contribution is -0.122. The normalized spacial score (nSPS) is 13.3. The first-order valence-corrected chi connectivity index (χ1v) is 14.9. The first-order valence-electron chi connectivity index (χ1n) is 13.6. The summed E-state index contributed by atoms with van der Waals surface area (Å²) < 4.78 is 23.9. The summed E-state index contributed by atoms with van der Waals surface area (Å²) in [6.45, 7) is 1.15. The molecule has 1 aliphatic rings. The smallest absolute Gasteiger partial charge is 0.227 e. The molecule has 3 heterocycles. The van der Waals surface area contributed by atoms with Crippen LogP contribution in [0.3, 0.4) is 0 Å². The highest BCUT2D eigenvalue weighted by atomic mass is 32.2. The van der Waals surface area contributed by atoms with Gasteiger partial charge in [-0.1, -0.05) is 42.1 Å². The van der Waals surface area contributed by atoms with E-state index in [1.165, 1.54) is 11.8 Å². The van der Waals surface area contributed by atoms with Crippen molar-refractivity contribution in [2.75, 3.05) is 18.5 Å². The SMILES string of the molecule is Cn1nccc1-c1ccc(S)cc1.Cn1nccc1-c1ccc(Sc2cccc(NC(=O)C3CCOCC3)c2F)cc1. The zero-order chi connectivity index (χ0) is 29.5. The molecule has 1 amide bonds. The summed E-state index contributed by atoms with van der Waals surface area (Å²) in [6.07, 6.45) is 4.90. The third kappa shape index (κ3) is 7.31. The topological polar surface area (TPSA) is 74.0 Å². The maximum atomic E-state index is 15.0. The molecule has 10 heteroatoms. The Balaban J connectivity index is 0.000000226. The van der Waals surface area contributed by atoms with E-state index in [0.717, 1.165) is 32.3 Å². The molecular formula is C32H32FN5O2S2. The van der Waals surface area contributed by atoms with E-state index in [-0.39, 0.29) is 17.5 Å². The molecule has 0 atom stereocenters. The lowest BCUT2D eigenvalue weighted by Gasteiger charge is -2.21. The maximum absolute atomic E-state index is 15.0. The number of amides is 1. The molecule has 216 valence electrons. The lowest BCUT2D eigenvalue weighted by Crippen LogP contribution is -2.28. The second kappa shape index (κ2) is 13.9. The maximum Gasteiger partial charge on any atom is 0.227 e. The molecule has 0 unspecified atom stereocenters. The van der Waals surface area contributed by atoms with Crippen molar-refractivity contribution in [3.05, 3.63) is 97.1 Å².